The fourth-order valence-electron chi connectivity index (χ4n) is 5.50. The molecule has 0 spiro atoms. The number of alkyl halides is 2. The van der Waals surface area contributed by atoms with E-state index in [0.717, 1.165) is 93.0 Å². The summed E-state index contributed by atoms with van der Waals surface area (Å²) in [5.74, 6) is -2.18. The Kier molecular flexibility index (Phi) is 7.76. The van der Waals surface area contributed by atoms with Gasteiger partial charge in [-0.05, 0) is 57.1 Å². The summed E-state index contributed by atoms with van der Waals surface area (Å²) in [5.41, 5.74) is 2.56. The lowest BCUT2D eigenvalue weighted by atomic mass is 9.84. The van der Waals surface area contributed by atoms with Crippen molar-refractivity contribution in [1.29, 1.82) is 0 Å². The van der Waals surface area contributed by atoms with Crippen molar-refractivity contribution < 1.29 is 18.3 Å². The number of para-hydroxylation sites is 1. The average Bonchev–Trinajstić information content (AvgIpc) is 3.40. The average molecular weight is 532 g/mol. The number of amides is 1. The second kappa shape index (κ2) is 11.0. The molecule has 0 radical (unpaired) electrons. The van der Waals surface area contributed by atoms with Gasteiger partial charge in [0.15, 0.2) is 6.61 Å². The molecule has 1 aliphatic heterocycles. The number of rotatable bonds is 8. The first kappa shape index (κ1) is 26.0. The predicted octanol–water partition coefficient (Wildman–Crippen LogP) is 4.84. The van der Waals surface area contributed by atoms with E-state index in [0.29, 0.717) is 16.7 Å². The van der Waals surface area contributed by atoms with Gasteiger partial charge in [0.05, 0.1) is 23.0 Å². The number of hydrogen-bond acceptors (Lipinski definition) is 6. The molecule has 5 rings (SSSR count). The van der Waals surface area contributed by atoms with E-state index in [1.807, 2.05) is 25.2 Å². The maximum absolute atomic E-state index is 13.1. The Bertz CT molecular complexity index is 1200. The highest BCUT2D eigenvalue weighted by Crippen LogP contribution is 2.31. The van der Waals surface area contributed by atoms with E-state index in [4.69, 9.17) is 4.74 Å². The molecule has 0 unspecified atom stereocenters. The van der Waals surface area contributed by atoms with Gasteiger partial charge >= 0.3 is 0 Å². The number of benzene rings is 1. The van der Waals surface area contributed by atoms with Crippen LogP contribution in [0.2, 0.25) is 0 Å². The van der Waals surface area contributed by atoms with E-state index in [1.165, 1.54) is 11.3 Å². The van der Waals surface area contributed by atoms with E-state index in [-0.39, 0.29) is 11.9 Å². The van der Waals surface area contributed by atoms with Crippen molar-refractivity contribution in [2.24, 2.45) is 13.0 Å². The van der Waals surface area contributed by atoms with Crippen molar-refractivity contribution in [3.63, 3.8) is 0 Å². The van der Waals surface area contributed by atoms with Crippen molar-refractivity contribution in [3.05, 3.63) is 40.5 Å². The number of aryl methyl sites for hydroxylation is 1. The molecule has 1 saturated carbocycles. The van der Waals surface area contributed by atoms with E-state index in [2.05, 4.69) is 20.3 Å². The normalized spacial score (nSPS) is 21.0. The fraction of sp³-hybridized carbons (Fsp3) is 0.593. The minimum Gasteiger partial charge on any atom is -0.464 e. The van der Waals surface area contributed by atoms with Gasteiger partial charge < -0.3 is 15.0 Å². The third-order valence-electron chi connectivity index (χ3n) is 7.57. The lowest BCUT2D eigenvalue weighted by Gasteiger charge is -2.30. The minimum absolute atomic E-state index is 0.0137. The first-order valence-electron chi connectivity index (χ1n) is 13.2. The lowest BCUT2D eigenvalue weighted by molar-refractivity contribution is -0.0230. The summed E-state index contributed by atoms with van der Waals surface area (Å²) in [6.07, 6.45) is 8.97. The van der Waals surface area contributed by atoms with E-state index >= 15 is 0 Å². The molecule has 2 aliphatic rings. The van der Waals surface area contributed by atoms with Crippen LogP contribution in [0.3, 0.4) is 0 Å². The molecular weight excluding hydrogens is 496 g/mol. The van der Waals surface area contributed by atoms with Gasteiger partial charge in [0.25, 0.3) is 17.0 Å². The quantitative estimate of drug-likeness (QED) is 0.450. The zero-order valence-corrected chi connectivity index (χ0v) is 22.3. The van der Waals surface area contributed by atoms with Crippen LogP contribution in [-0.4, -0.2) is 63.8 Å². The second-order valence-electron chi connectivity index (χ2n) is 10.5. The largest absolute Gasteiger partial charge is 0.464 e. The summed E-state index contributed by atoms with van der Waals surface area (Å²) in [6.45, 7) is 3.19. The van der Waals surface area contributed by atoms with Gasteiger partial charge in [-0.3, -0.25) is 9.48 Å². The summed E-state index contributed by atoms with van der Waals surface area (Å²) in [7, 11) is 1.87. The third-order valence-corrected chi connectivity index (χ3v) is 8.64. The summed E-state index contributed by atoms with van der Waals surface area (Å²) in [5, 5.41) is 8.89. The molecule has 0 saturated heterocycles. The molecule has 2 aromatic heterocycles. The van der Waals surface area contributed by atoms with E-state index < -0.39 is 12.5 Å². The molecule has 1 aromatic carbocycles. The van der Waals surface area contributed by atoms with Crippen molar-refractivity contribution in [3.8, 4) is 5.19 Å². The summed E-state index contributed by atoms with van der Waals surface area (Å²) < 4.78 is 33.1. The van der Waals surface area contributed by atoms with Crippen molar-refractivity contribution in [2.45, 2.75) is 63.8 Å². The Morgan fingerprint density at radius 3 is 2.78 bits per heavy atom. The number of aromatic nitrogens is 3. The number of carbonyl (C=O) groups is 1. The van der Waals surface area contributed by atoms with E-state index in [1.54, 1.807) is 10.9 Å². The molecule has 1 N–H and O–H groups in total. The van der Waals surface area contributed by atoms with Crippen LogP contribution >= 0.6 is 11.3 Å². The maximum Gasteiger partial charge on any atom is 0.278 e. The van der Waals surface area contributed by atoms with Crippen molar-refractivity contribution in [2.75, 3.05) is 26.2 Å². The zero-order chi connectivity index (χ0) is 26.0. The summed E-state index contributed by atoms with van der Waals surface area (Å²) >= 11 is 1.41. The molecule has 200 valence electrons. The highest BCUT2D eigenvalue weighted by Gasteiger charge is 2.26. The minimum atomic E-state index is -2.85. The molecule has 0 bridgehead atoms. The standard InChI is InChI=1S/C27H35F2N5O2S/c1-27(28,29)17-36-26-32-22-11-14-34(15-12-23(22)37-26)13-10-18-6-8-20(9-7-18)31-25(35)21-5-3-4-19-16-30-33(2)24(19)21/h3-5,16,18,20H,6-15,17H2,1-2H3,(H,31,35). The molecule has 3 heterocycles. The predicted molar refractivity (Wildman–Crippen MR) is 141 cm³/mol. The number of nitrogens with one attached hydrogen (secondary N) is 1. The van der Waals surface area contributed by atoms with Crippen LogP contribution in [0.15, 0.2) is 24.4 Å². The molecule has 3 aromatic rings. The Morgan fingerprint density at radius 1 is 1.22 bits per heavy atom. The first-order valence-corrected chi connectivity index (χ1v) is 14.0. The van der Waals surface area contributed by atoms with Gasteiger partial charge in [0, 0.05) is 49.8 Å². The van der Waals surface area contributed by atoms with Crippen molar-refractivity contribution >= 4 is 28.1 Å². The lowest BCUT2D eigenvalue weighted by Crippen LogP contribution is -2.38. The summed E-state index contributed by atoms with van der Waals surface area (Å²) in [6, 6.07) is 5.98. The van der Waals surface area contributed by atoms with Crippen LogP contribution in [0.5, 0.6) is 5.19 Å². The SMILES string of the molecule is Cn1ncc2cccc(C(=O)NC3CCC(CCN4CCc5nc(OCC(C)(F)F)sc5CC4)CC3)c21. The number of fused-ring (bicyclic) bond motifs is 2. The Labute approximate surface area is 220 Å². The summed E-state index contributed by atoms with van der Waals surface area (Å²) in [4.78, 5) is 21.1. The Balaban J connectivity index is 1.04. The fourth-order valence-corrected chi connectivity index (χ4v) is 6.44. The molecule has 1 amide bonds. The number of carbonyl (C=O) groups excluding carboxylic acids is 1. The number of halogens is 2. The molecule has 0 atom stereocenters. The van der Waals surface area contributed by atoms with Gasteiger partial charge in [0.1, 0.15) is 0 Å². The molecule has 10 heteroatoms. The number of thiazole rings is 1. The second-order valence-corrected chi connectivity index (χ2v) is 11.6. The maximum atomic E-state index is 13.1. The van der Waals surface area contributed by atoms with Gasteiger partial charge in [-0.1, -0.05) is 23.5 Å². The van der Waals surface area contributed by atoms with E-state index in [9.17, 15) is 13.6 Å². The number of hydrogen-bond donors (Lipinski definition) is 1. The van der Waals surface area contributed by atoms with Crippen LogP contribution in [0.1, 0.15) is 60.0 Å². The Morgan fingerprint density at radius 2 is 2.00 bits per heavy atom. The highest BCUT2D eigenvalue weighted by molar-refractivity contribution is 7.13. The van der Waals surface area contributed by atoms with Crippen LogP contribution < -0.4 is 10.1 Å². The molecule has 1 fully saturated rings. The molecule has 1 aliphatic carbocycles. The topological polar surface area (TPSA) is 72.3 Å². The monoisotopic (exact) mass is 531 g/mol. The van der Waals surface area contributed by atoms with Gasteiger partial charge in [-0.25, -0.2) is 13.8 Å². The number of nitrogens with zero attached hydrogens (tertiary/aromatic N) is 4. The van der Waals surface area contributed by atoms with Gasteiger partial charge in [0.2, 0.25) is 0 Å². The molecular formula is C27H35F2N5O2S. The number of ether oxygens (including phenoxy) is 1. The smallest absolute Gasteiger partial charge is 0.278 e. The van der Waals surface area contributed by atoms with Crippen LogP contribution in [0.25, 0.3) is 10.9 Å². The molecule has 7 nitrogen and oxygen atoms in total. The van der Waals surface area contributed by atoms with Crippen molar-refractivity contribution in [1.82, 2.24) is 25.0 Å². The zero-order valence-electron chi connectivity index (χ0n) is 21.5. The Hall–Kier alpha value is -2.59. The van der Waals surface area contributed by atoms with Gasteiger partial charge in [-0.15, -0.1) is 0 Å². The van der Waals surface area contributed by atoms with Crippen LogP contribution in [-0.2, 0) is 19.9 Å². The van der Waals surface area contributed by atoms with Crippen LogP contribution in [0, 0.1) is 5.92 Å². The third kappa shape index (κ3) is 6.46. The first-order chi connectivity index (χ1) is 17.7. The van der Waals surface area contributed by atoms with Gasteiger partial charge in [-0.2, -0.15) is 5.10 Å². The van der Waals surface area contributed by atoms with Crippen LogP contribution in [0.4, 0.5) is 8.78 Å². The highest BCUT2D eigenvalue weighted by atomic mass is 32.1. The molecule has 37 heavy (non-hydrogen) atoms.